The van der Waals surface area contributed by atoms with Crippen LogP contribution in [-0.4, -0.2) is 0 Å². The maximum atomic E-state index is 7.82. The summed E-state index contributed by atoms with van der Waals surface area (Å²) in [6.45, 7) is 9.60. The molecule has 4 aliphatic carbocycles. The van der Waals surface area contributed by atoms with Gasteiger partial charge in [0.15, 0.2) is 0 Å². The largest absolute Gasteiger partial charge is 0.365 e. The van der Waals surface area contributed by atoms with Crippen molar-refractivity contribution in [3.05, 3.63) is 70.8 Å². The second-order valence-corrected chi connectivity index (χ2v) is 20.2. The van der Waals surface area contributed by atoms with Gasteiger partial charge in [0.2, 0.25) is 0 Å². The van der Waals surface area contributed by atoms with Gasteiger partial charge in [-0.15, -0.1) is 0 Å². The zero-order chi connectivity index (χ0) is 38.2. The Labute approximate surface area is 341 Å². The van der Waals surface area contributed by atoms with Gasteiger partial charge in [-0.1, -0.05) is 153 Å². The van der Waals surface area contributed by atoms with Gasteiger partial charge in [0, 0.05) is 0 Å². The average molecular weight is 751 g/mol. The minimum Gasteiger partial charge on any atom is -0.365 e. The number of hydrogen-bond acceptors (Lipinski definition) is 1. The quantitative estimate of drug-likeness (QED) is 0.122. The van der Waals surface area contributed by atoms with Crippen molar-refractivity contribution in [1.29, 1.82) is 0 Å². The maximum Gasteiger partial charge on any atom is 0.0861 e. The fourth-order valence-electron chi connectivity index (χ4n) is 12.0. The van der Waals surface area contributed by atoms with E-state index in [9.17, 15) is 0 Å². The molecule has 0 bridgehead atoms. The number of unbranched alkanes of at least 4 members (excludes halogenated alkanes) is 8. The molecular formula is C54H86O. The van der Waals surface area contributed by atoms with Gasteiger partial charge in [-0.2, -0.15) is 0 Å². The van der Waals surface area contributed by atoms with Gasteiger partial charge < -0.3 is 4.74 Å². The highest BCUT2D eigenvalue weighted by Gasteiger charge is 2.38. The van der Waals surface area contributed by atoms with E-state index >= 15 is 0 Å². The number of aryl methyl sites for hydroxylation is 2. The summed E-state index contributed by atoms with van der Waals surface area (Å²) in [4.78, 5) is 0. The lowest BCUT2D eigenvalue weighted by molar-refractivity contribution is -0.0934. The fourth-order valence-corrected chi connectivity index (χ4v) is 12.0. The van der Waals surface area contributed by atoms with E-state index in [1.165, 1.54) is 202 Å². The Bertz CT molecular complexity index is 1180. The summed E-state index contributed by atoms with van der Waals surface area (Å²) in [6.07, 6.45) is 39.2. The summed E-state index contributed by atoms with van der Waals surface area (Å²) in [5.41, 5.74) is 5.96. The maximum absolute atomic E-state index is 7.82. The van der Waals surface area contributed by atoms with Gasteiger partial charge >= 0.3 is 0 Å². The Hall–Kier alpha value is -1.60. The van der Waals surface area contributed by atoms with Crippen LogP contribution in [0.4, 0.5) is 0 Å². The van der Waals surface area contributed by atoms with E-state index < -0.39 is 0 Å². The smallest absolute Gasteiger partial charge is 0.0861 e. The molecule has 0 saturated heterocycles. The van der Waals surface area contributed by atoms with Crippen molar-refractivity contribution >= 4 is 0 Å². The van der Waals surface area contributed by atoms with E-state index in [1.54, 1.807) is 0 Å². The minimum atomic E-state index is 0.201. The molecule has 0 aromatic heterocycles. The molecule has 2 unspecified atom stereocenters. The van der Waals surface area contributed by atoms with E-state index in [0.717, 1.165) is 35.5 Å². The van der Waals surface area contributed by atoms with Crippen LogP contribution < -0.4 is 0 Å². The van der Waals surface area contributed by atoms with Crippen LogP contribution in [0.5, 0.6) is 0 Å². The highest BCUT2D eigenvalue weighted by Crippen LogP contribution is 2.50. The predicted octanol–water partition coefficient (Wildman–Crippen LogP) is 16.8. The Balaban J connectivity index is 1.19. The van der Waals surface area contributed by atoms with Crippen LogP contribution in [0.25, 0.3) is 0 Å². The Morgan fingerprint density at radius 2 is 0.709 bits per heavy atom. The molecule has 308 valence electrons. The van der Waals surface area contributed by atoms with Gasteiger partial charge in [0.25, 0.3) is 0 Å². The van der Waals surface area contributed by atoms with Gasteiger partial charge in [-0.3, -0.25) is 0 Å². The van der Waals surface area contributed by atoms with Gasteiger partial charge in [0.05, 0.1) is 12.2 Å². The molecule has 2 aromatic carbocycles. The van der Waals surface area contributed by atoms with Crippen LogP contribution >= 0.6 is 0 Å². The van der Waals surface area contributed by atoms with Crippen molar-refractivity contribution in [2.75, 3.05) is 0 Å². The molecule has 0 radical (unpaired) electrons. The lowest BCUT2D eigenvalue weighted by Crippen LogP contribution is -2.31. The van der Waals surface area contributed by atoms with Crippen LogP contribution in [-0.2, 0) is 17.6 Å². The highest BCUT2D eigenvalue weighted by molar-refractivity contribution is 5.28. The number of ether oxygens (including phenoxy) is 1. The molecule has 2 aromatic rings. The van der Waals surface area contributed by atoms with Crippen molar-refractivity contribution in [3.63, 3.8) is 0 Å². The predicted molar refractivity (Wildman–Crippen MR) is 238 cm³/mol. The van der Waals surface area contributed by atoms with E-state index in [-0.39, 0.29) is 12.2 Å². The first-order chi connectivity index (χ1) is 27.0. The molecule has 1 nitrogen and oxygen atoms in total. The monoisotopic (exact) mass is 751 g/mol. The van der Waals surface area contributed by atoms with E-state index in [2.05, 4.69) is 76.2 Å². The van der Waals surface area contributed by atoms with Crippen LogP contribution in [0.1, 0.15) is 229 Å². The SMILES string of the molecule is CCCCCCCc1ccc(C(OC(c2ccc(CCCCCCC)cc2)[C@H]2CC[C@H]([C@H]3CC[C@H](C)CC3)CC2)[C@H]2CC[C@H]([C@H]3CC[C@H](C)CC3)CC2)cc1. The molecular weight excluding hydrogens is 665 g/mol. The van der Waals surface area contributed by atoms with E-state index in [4.69, 9.17) is 4.74 Å². The summed E-state index contributed by atoms with van der Waals surface area (Å²) in [7, 11) is 0. The normalized spacial score (nSPS) is 30.2. The molecule has 0 aliphatic heterocycles. The summed E-state index contributed by atoms with van der Waals surface area (Å²) in [5.74, 6) is 7.01. The molecule has 0 spiro atoms. The van der Waals surface area contributed by atoms with Crippen molar-refractivity contribution < 1.29 is 4.74 Å². The van der Waals surface area contributed by atoms with Crippen molar-refractivity contribution in [2.45, 2.75) is 220 Å². The van der Waals surface area contributed by atoms with E-state index in [0.29, 0.717) is 11.8 Å². The third-order valence-corrected chi connectivity index (χ3v) is 16.0. The average Bonchev–Trinajstić information content (AvgIpc) is 3.23. The molecule has 2 atom stereocenters. The molecule has 0 N–H and O–H groups in total. The Morgan fingerprint density at radius 1 is 0.400 bits per heavy atom. The highest BCUT2D eigenvalue weighted by atomic mass is 16.5. The Kier molecular flexibility index (Phi) is 18.1. The lowest BCUT2D eigenvalue weighted by Gasteiger charge is -2.43. The Morgan fingerprint density at radius 3 is 1.04 bits per heavy atom. The zero-order valence-corrected chi connectivity index (χ0v) is 36.6. The first kappa shape index (κ1) is 43.0. The van der Waals surface area contributed by atoms with Gasteiger partial charge in [0.1, 0.15) is 0 Å². The number of rotatable bonds is 20. The molecule has 55 heavy (non-hydrogen) atoms. The lowest BCUT2D eigenvalue weighted by atomic mass is 9.67. The minimum absolute atomic E-state index is 0.201. The van der Waals surface area contributed by atoms with Gasteiger partial charge in [-0.05, 0) is 172 Å². The van der Waals surface area contributed by atoms with Crippen LogP contribution in [0.15, 0.2) is 48.5 Å². The molecule has 4 aliphatic rings. The molecule has 0 amide bonds. The zero-order valence-electron chi connectivity index (χ0n) is 36.6. The summed E-state index contributed by atoms with van der Waals surface area (Å²) < 4.78 is 7.82. The van der Waals surface area contributed by atoms with Gasteiger partial charge in [-0.25, -0.2) is 0 Å². The summed E-state index contributed by atoms with van der Waals surface area (Å²) in [6, 6.07) is 19.9. The molecule has 1 heteroatoms. The van der Waals surface area contributed by atoms with Crippen molar-refractivity contribution in [3.8, 4) is 0 Å². The topological polar surface area (TPSA) is 9.23 Å². The molecule has 0 heterocycles. The molecule has 4 saturated carbocycles. The summed E-state index contributed by atoms with van der Waals surface area (Å²) in [5, 5.41) is 0. The fraction of sp³-hybridized carbons (Fsp3) is 0.778. The number of benzene rings is 2. The molecule has 4 fully saturated rings. The first-order valence-corrected chi connectivity index (χ1v) is 24.8. The summed E-state index contributed by atoms with van der Waals surface area (Å²) >= 11 is 0. The van der Waals surface area contributed by atoms with Crippen molar-refractivity contribution in [2.24, 2.45) is 47.3 Å². The first-order valence-electron chi connectivity index (χ1n) is 24.8. The standard InChI is InChI=1S/C54H86O/c1-5-7-9-11-13-15-43-21-29-49(30-22-43)53(51-37-33-47(34-38-51)45-25-17-41(3)18-26-45)55-54(50-31-23-44(24-32-50)16-14-12-10-8-6-2)52-39-35-48(36-40-52)46-27-19-42(4)20-28-46/h21-24,29-32,41-42,45-48,51-54H,5-20,25-28,33-40H2,1-4H3/t41-,42-,45-,46-,47-,48-,51-,52-,53?,54?. The van der Waals surface area contributed by atoms with Crippen LogP contribution in [0.3, 0.4) is 0 Å². The van der Waals surface area contributed by atoms with Crippen LogP contribution in [0, 0.1) is 47.3 Å². The second-order valence-electron chi connectivity index (χ2n) is 20.2. The van der Waals surface area contributed by atoms with Crippen LogP contribution in [0.2, 0.25) is 0 Å². The molecule has 6 rings (SSSR count). The number of hydrogen-bond donors (Lipinski definition) is 0. The second kappa shape index (κ2) is 23.1. The third-order valence-electron chi connectivity index (χ3n) is 16.0. The third kappa shape index (κ3) is 13.2. The van der Waals surface area contributed by atoms with Crippen molar-refractivity contribution in [1.82, 2.24) is 0 Å². The van der Waals surface area contributed by atoms with E-state index in [1.807, 2.05) is 0 Å².